The van der Waals surface area contributed by atoms with Crippen LogP contribution < -0.4 is 15.4 Å². The van der Waals surface area contributed by atoms with Crippen molar-refractivity contribution >= 4 is 5.96 Å². The first-order valence-electron chi connectivity index (χ1n) is 10.1. The van der Waals surface area contributed by atoms with Crippen LogP contribution in [0.1, 0.15) is 32.3 Å². The zero-order valence-electron chi connectivity index (χ0n) is 17.7. The molecular weight excluding hydrogens is 338 g/mol. The molecule has 0 saturated carbocycles. The van der Waals surface area contributed by atoms with Crippen molar-refractivity contribution in [2.75, 3.05) is 47.4 Å². The highest BCUT2D eigenvalue weighted by atomic mass is 16.5. The molecule has 0 radical (unpaired) electrons. The fraction of sp³-hybridized carbons (Fsp3) is 0.667. The van der Waals surface area contributed by atoms with E-state index in [0.717, 1.165) is 49.7 Å². The number of likely N-dealkylation sites (tertiary alicyclic amines) is 1. The van der Waals surface area contributed by atoms with Gasteiger partial charge in [0, 0.05) is 50.9 Å². The van der Waals surface area contributed by atoms with E-state index in [-0.39, 0.29) is 0 Å². The SMILES string of the molecule is CN=C(NCc1ccccc1OCCN(C)C)NC1CCN(C(C)C)CC1. The van der Waals surface area contributed by atoms with E-state index in [2.05, 4.69) is 59.4 Å². The van der Waals surface area contributed by atoms with Crippen LogP contribution in [0.2, 0.25) is 0 Å². The number of likely N-dealkylation sites (N-methyl/N-ethyl adjacent to an activating group) is 1. The molecule has 27 heavy (non-hydrogen) atoms. The van der Waals surface area contributed by atoms with Crippen LogP contribution in [0.25, 0.3) is 0 Å². The van der Waals surface area contributed by atoms with Gasteiger partial charge in [0.1, 0.15) is 12.4 Å². The number of para-hydroxylation sites is 1. The summed E-state index contributed by atoms with van der Waals surface area (Å²) in [6, 6.07) is 9.32. The molecule has 1 aromatic carbocycles. The van der Waals surface area contributed by atoms with Gasteiger partial charge in [-0.15, -0.1) is 0 Å². The summed E-state index contributed by atoms with van der Waals surface area (Å²) in [5.74, 6) is 1.80. The predicted octanol–water partition coefficient (Wildman–Crippen LogP) is 2.16. The summed E-state index contributed by atoms with van der Waals surface area (Å²) in [5, 5.41) is 7.02. The first-order chi connectivity index (χ1) is 13.0. The van der Waals surface area contributed by atoms with Gasteiger partial charge in [-0.25, -0.2) is 0 Å². The minimum atomic E-state index is 0.484. The molecule has 6 heteroatoms. The number of hydrogen-bond donors (Lipinski definition) is 2. The van der Waals surface area contributed by atoms with Gasteiger partial charge in [-0.3, -0.25) is 4.99 Å². The van der Waals surface area contributed by atoms with Crippen molar-refractivity contribution in [3.63, 3.8) is 0 Å². The van der Waals surface area contributed by atoms with Crippen LogP contribution in [0.15, 0.2) is 29.3 Å². The number of nitrogens with zero attached hydrogens (tertiary/aromatic N) is 3. The van der Waals surface area contributed by atoms with Crippen LogP contribution in [-0.4, -0.2) is 75.2 Å². The summed E-state index contributed by atoms with van der Waals surface area (Å²) < 4.78 is 5.95. The quantitative estimate of drug-likeness (QED) is 0.539. The number of nitrogens with one attached hydrogen (secondary N) is 2. The van der Waals surface area contributed by atoms with E-state index in [1.807, 2.05) is 25.2 Å². The average molecular weight is 376 g/mol. The predicted molar refractivity (Wildman–Crippen MR) is 114 cm³/mol. The molecule has 1 aromatic rings. The van der Waals surface area contributed by atoms with Crippen LogP contribution in [0.4, 0.5) is 0 Å². The Kier molecular flexibility index (Phi) is 8.88. The van der Waals surface area contributed by atoms with E-state index in [9.17, 15) is 0 Å². The lowest BCUT2D eigenvalue weighted by atomic mass is 10.0. The van der Waals surface area contributed by atoms with Crippen LogP contribution in [0.3, 0.4) is 0 Å². The molecule has 0 amide bonds. The minimum absolute atomic E-state index is 0.484. The molecule has 0 bridgehead atoms. The largest absolute Gasteiger partial charge is 0.492 e. The van der Waals surface area contributed by atoms with Crippen LogP contribution >= 0.6 is 0 Å². The van der Waals surface area contributed by atoms with Crippen molar-refractivity contribution in [1.82, 2.24) is 20.4 Å². The molecule has 2 rings (SSSR count). The molecular formula is C21H37N5O. The molecule has 0 aromatic heterocycles. The van der Waals surface area contributed by atoms with E-state index < -0.39 is 0 Å². The van der Waals surface area contributed by atoms with E-state index in [4.69, 9.17) is 4.74 Å². The third-order valence-electron chi connectivity index (χ3n) is 5.04. The number of guanidine groups is 1. The molecule has 1 fully saturated rings. The molecule has 6 nitrogen and oxygen atoms in total. The lowest BCUT2D eigenvalue weighted by Crippen LogP contribution is -2.49. The molecule has 152 valence electrons. The fourth-order valence-corrected chi connectivity index (χ4v) is 3.26. The van der Waals surface area contributed by atoms with Gasteiger partial charge < -0.3 is 25.2 Å². The Balaban J connectivity index is 1.82. The van der Waals surface area contributed by atoms with Crippen molar-refractivity contribution in [3.05, 3.63) is 29.8 Å². The average Bonchev–Trinajstić information content (AvgIpc) is 2.66. The zero-order chi connectivity index (χ0) is 19.6. The monoisotopic (exact) mass is 375 g/mol. The Hall–Kier alpha value is -1.79. The maximum atomic E-state index is 5.95. The van der Waals surface area contributed by atoms with Gasteiger partial charge in [-0.05, 0) is 46.9 Å². The number of ether oxygens (including phenoxy) is 1. The van der Waals surface area contributed by atoms with Gasteiger partial charge in [0.2, 0.25) is 0 Å². The summed E-state index contributed by atoms with van der Waals surface area (Å²) in [4.78, 5) is 9.06. The molecule has 0 unspecified atom stereocenters. The van der Waals surface area contributed by atoms with Crippen molar-refractivity contribution in [1.29, 1.82) is 0 Å². The number of hydrogen-bond acceptors (Lipinski definition) is 4. The lowest BCUT2D eigenvalue weighted by Gasteiger charge is -2.35. The maximum absolute atomic E-state index is 5.95. The Labute approximate surface area is 165 Å². The highest BCUT2D eigenvalue weighted by Gasteiger charge is 2.21. The van der Waals surface area contributed by atoms with Crippen LogP contribution in [0, 0.1) is 0 Å². The molecule has 1 aliphatic rings. The Morgan fingerprint density at radius 1 is 1.26 bits per heavy atom. The molecule has 0 spiro atoms. The van der Waals surface area contributed by atoms with Crippen molar-refractivity contribution in [3.8, 4) is 5.75 Å². The van der Waals surface area contributed by atoms with E-state index in [1.54, 1.807) is 0 Å². The van der Waals surface area contributed by atoms with E-state index in [1.165, 1.54) is 0 Å². The van der Waals surface area contributed by atoms with E-state index >= 15 is 0 Å². The Bertz CT molecular complexity index is 580. The summed E-state index contributed by atoms with van der Waals surface area (Å²) in [6.07, 6.45) is 2.31. The summed E-state index contributed by atoms with van der Waals surface area (Å²) in [5.41, 5.74) is 1.15. The smallest absolute Gasteiger partial charge is 0.191 e. The topological polar surface area (TPSA) is 52.1 Å². The number of aliphatic imine (C=N–C) groups is 1. The first kappa shape index (κ1) is 21.5. The van der Waals surface area contributed by atoms with Crippen molar-refractivity contribution in [2.24, 2.45) is 4.99 Å². The Morgan fingerprint density at radius 2 is 1.96 bits per heavy atom. The van der Waals surface area contributed by atoms with Crippen molar-refractivity contribution in [2.45, 2.75) is 45.3 Å². The highest BCUT2D eigenvalue weighted by molar-refractivity contribution is 5.80. The fourth-order valence-electron chi connectivity index (χ4n) is 3.26. The third kappa shape index (κ3) is 7.39. The number of piperidine rings is 1. The Morgan fingerprint density at radius 3 is 2.59 bits per heavy atom. The molecule has 0 aliphatic carbocycles. The van der Waals surface area contributed by atoms with Gasteiger partial charge in [-0.2, -0.15) is 0 Å². The molecule has 1 aliphatic heterocycles. The number of benzene rings is 1. The van der Waals surface area contributed by atoms with Gasteiger partial charge in [0.05, 0.1) is 0 Å². The van der Waals surface area contributed by atoms with Gasteiger partial charge in [0.25, 0.3) is 0 Å². The zero-order valence-corrected chi connectivity index (χ0v) is 17.7. The highest BCUT2D eigenvalue weighted by Crippen LogP contribution is 2.18. The summed E-state index contributed by atoms with van der Waals surface area (Å²) in [7, 11) is 5.94. The van der Waals surface area contributed by atoms with Gasteiger partial charge in [0.15, 0.2) is 5.96 Å². The van der Waals surface area contributed by atoms with Crippen molar-refractivity contribution < 1.29 is 4.74 Å². The second kappa shape index (κ2) is 11.1. The number of rotatable bonds is 8. The second-order valence-corrected chi connectivity index (χ2v) is 7.73. The van der Waals surface area contributed by atoms with Crippen LogP contribution in [0.5, 0.6) is 5.75 Å². The normalized spacial score (nSPS) is 16.8. The maximum Gasteiger partial charge on any atom is 0.191 e. The van der Waals surface area contributed by atoms with E-state index in [0.29, 0.717) is 25.2 Å². The second-order valence-electron chi connectivity index (χ2n) is 7.73. The molecule has 1 saturated heterocycles. The lowest BCUT2D eigenvalue weighted by molar-refractivity contribution is 0.167. The minimum Gasteiger partial charge on any atom is -0.492 e. The molecule has 0 atom stereocenters. The molecule has 1 heterocycles. The van der Waals surface area contributed by atoms with Gasteiger partial charge >= 0.3 is 0 Å². The van der Waals surface area contributed by atoms with Gasteiger partial charge in [-0.1, -0.05) is 18.2 Å². The molecule has 2 N–H and O–H groups in total. The first-order valence-corrected chi connectivity index (χ1v) is 10.1. The summed E-state index contributed by atoms with van der Waals surface area (Å²) in [6.45, 7) is 9.12. The van der Waals surface area contributed by atoms with Crippen LogP contribution in [-0.2, 0) is 6.54 Å². The third-order valence-corrected chi connectivity index (χ3v) is 5.04. The summed E-state index contributed by atoms with van der Waals surface area (Å²) >= 11 is 0. The standard InChI is InChI=1S/C21H37N5O/c1-17(2)26-12-10-19(11-13-26)24-21(22-3)23-16-18-8-6-7-9-20(18)27-15-14-25(4)5/h6-9,17,19H,10-16H2,1-5H3,(H2,22,23,24).